The van der Waals surface area contributed by atoms with Crippen molar-refractivity contribution < 1.29 is 9.59 Å². The summed E-state index contributed by atoms with van der Waals surface area (Å²) in [6, 6.07) is 0. The lowest BCUT2D eigenvalue weighted by Crippen LogP contribution is -2.63. The van der Waals surface area contributed by atoms with Gasteiger partial charge >= 0.3 is 0 Å². The van der Waals surface area contributed by atoms with Crippen molar-refractivity contribution in [2.24, 2.45) is 5.41 Å². The fourth-order valence-electron chi connectivity index (χ4n) is 2.19. The highest BCUT2D eigenvalue weighted by Crippen LogP contribution is 2.32. The molecule has 0 unspecified atom stereocenters. The third kappa shape index (κ3) is 4.45. The van der Waals surface area contributed by atoms with Crippen molar-refractivity contribution in [3.05, 3.63) is 0 Å². The summed E-state index contributed by atoms with van der Waals surface area (Å²) in [7, 11) is 0. The summed E-state index contributed by atoms with van der Waals surface area (Å²) in [6.45, 7) is 4.22. The molecule has 0 atom stereocenters. The van der Waals surface area contributed by atoms with Crippen LogP contribution < -0.4 is 10.6 Å². The molecule has 1 fully saturated rings. The van der Waals surface area contributed by atoms with E-state index < -0.39 is 5.41 Å². The molecule has 0 aromatic heterocycles. The van der Waals surface area contributed by atoms with Gasteiger partial charge in [-0.2, -0.15) is 11.8 Å². The van der Waals surface area contributed by atoms with Crippen molar-refractivity contribution in [2.45, 2.75) is 52.4 Å². The number of thiocarbonyl (C=S) groups is 1. The third-order valence-corrected chi connectivity index (χ3v) is 5.00. The molecule has 0 radical (unpaired) electrons. The molecular formula is C14H24N2O2S2. The van der Waals surface area contributed by atoms with Crippen LogP contribution in [0, 0.1) is 5.41 Å². The molecule has 0 aromatic rings. The fraction of sp³-hybridized carbons (Fsp3) is 0.786. The molecule has 2 N–H and O–H groups in total. The Labute approximate surface area is 130 Å². The van der Waals surface area contributed by atoms with Crippen molar-refractivity contribution in [1.29, 1.82) is 0 Å². The van der Waals surface area contributed by atoms with E-state index in [-0.39, 0.29) is 16.9 Å². The monoisotopic (exact) mass is 316 g/mol. The number of unbranched alkanes of at least 4 members (excludes halogenated alkanes) is 3. The molecular weight excluding hydrogens is 292 g/mol. The highest BCUT2D eigenvalue weighted by Gasteiger charge is 2.48. The van der Waals surface area contributed by atoms with Gasteiger partial charge in [0.15, 0.2) is 5.11 Å². The first kappa shape index (κ1) is 17.4. The lowest BCUT2D eigenvalue weighted by molar-refractivity contribution is -0.142. The smallest absolute Gasteiger partial charge is 0.242 e. The normalized spacial score (nSPS) is 17.8. The van der Waals surface area contributed by atoms with Crippen LogP contribution in [-0.4, -0.2) is 28.4 Å². The number of hydrogen-bond acceptors (Lipinski definition) is 4. The average molecular weight is 316 g/mol. The minimum absolute atomic E-state index is 0.128. The van der Waals surface area contributed by atoms with Gasteiger partial charge in [-0.1, -0.05) is 39.5 Å². The van der Waals surface area contributed by atoms with Gasteiger partial charge in [-0.05, 0) is 30.8 Å². The Balaban J connectivity index is 2.67. The van der Waals surface area contributed by atoms with Crippen LogP contribution in [0.3, 0.4) is 0 Å². The van der Waals surface area contributed by atoms with Crippen molar-refractivity contribution >= 4 is 40.9 Å². The Bertz CT molecular complexity index is 352. The van der Waals surface area contributed by atoms with Crippen molar-refractivity contribution in [1.82, 2.24) is 10.6 Å². The van der Waals surface area contributed by atoms with Crippen molar-refractivity contribution in [2.75, 3.05) is 11.5 Å². The third-order valence-electron chi connectivity index (χ3n) is 3.52. The molecule has 0 spiro atoms. The number of thioether (sulfide) groups is 1. The highest BCUT2D eigenvalue weighted by molar-refractivity contribution is 7.99. The van der Waals surface area contributed by atoms with Crippen LogP contribution >= 0.6 is 24.0 Å². The van der Waals surface area contributed by atoms with E-state index >= 15 is 0 Å². The largest absolute Gasteiger partial charge is 0.302 e. The fourth-order valence-corrected chi connectivity index (χ4v) is 3.68. The van der Waals surface area contributed by atoms with Crippen LogP contribution in [0.15, 0.2) is 0 Å². The second-order valence-electron chi connectivity index (χ2n) is 5.18. The zero-order valence-corrected chi connectivity index (χ0v) is 13.9. The van der Waals surface area contributed by atoms with Gasteiger partial charge in [-0.25, -0.2) is 0 Å². The second kappa shape index (κ2) is 8.62. The molecule has 2 amide bonds. The average Bonchev–Trinajstić information content (AvgIpc) is 2.40. The van der Waals surface area contributed by atoms with Crippen LogP contribution in [0.25, 0.3) is 0 Å². The minimum Gasteiger partial charge on any atom is -0.302 e. The molecule has 1 rings (SSSR count). The lowest BCUT2D eigenvalue weighted by atomic mass is 9.81. The summed E-state index contributed by atoms with van der Waals surface area (Å²) in [5, 5.41) is 5.35. The van der Waals surface area contributed by atoms with E-state index in [4.69, 9.17) is 12.2 Å². The zero-order valence-electron chi connectivity index (χ0n) is 12.3. The maximum absolute atomic E-state index is 12.3. The number of amides is 2. The topological polar surface area (TPSA) is 58.2 Å². The molecule has 1 aliphatic heterocycles. The molecule has 1 heterocycles. The molecule has 0 saturated carbocycles. The molecule has 114 valence electrons. The van der Waals surface area contributed by atoms with Crippen LogP contribution in [0.1, 0.15) is 52.4 Å². The van der Waals surface area contributed by atoms with Crippen molar-refractivity contribution in [3.63, 3.8) is 0 Å². The highest BCUT2D eigenvalue weighted by atomic mass is 32.2. The van der Waals surface area contributed by atoms with Gasteiger partial charge in [0.05, 0.1) is 0 Å². The SMILES string of the molecule is CCCCCSCC1(CCCC)C(=O)NC(=S)NC1=O. The summed E-state index contributed by atoms with van der Waals surface area (Å²) in [6.07, 6.45) is 5.92. The Morgan fingerprint density at radius 1 is 1.05 bits per heavy atom. The van der Waals surface area contributed by atoms with Crippen molar-refractivity contribution in [3.8, 4) is 0 Å². The van der Waals surface area contributed by atoms with E-state index in [2.05, 4.69) is 24.5 Å². The van der Waals surface area contributed by atoms with E-state index in [1.807, 2.05) is 0 Å². The molecule has 6 heteroatoms. The van der Waals surface area contributed by atoms with E-state index in [1.165, 1.54) is 12.8 Å². The molecule has 4 nitrogen and oxygen atoms in total. The molecule has 1 aliphatic rings. The summed E-state index contributed by atoms with van der Waals surface area (Å²) in [4.78, 5) is 24.6. The predicted molar refractivity (Wildman–Crippen MR) is 87.7 cm³/mol. The number of carbonyl (C=O) groups excluding carboxylic acids is 2. The van der Waals surface area contributed by atoms with E-state index in [9.17, 15) is 9.59 Å². The summed E-state index contributed by atoms with van der Waals surface area (Å²) >= 11 is 6.57. The minimum atomic E-state index is -0.949. The van der Waals surface area contributed by atoms with Gasteiger partial charge in [-0.15, -0.1) is 0 Å². The number of carbonyl (C=O) groups is 2. The predicted octanol–water partition coefficient (Wildman–Crippen LogP) is 2.62. The van der Waals surface area contributed by atoms with Gasteiger partial charge in [0.25, 0.3) is 0 Å². The summed E-state index contributed by atoms with van der Waals surface area (Å²) < 4.78 is 0. The quantitative estimate of drug-likeness (QED) is 0.390. The maximum atomic E-state index is 12.3. The standard InChI is InChI=1S/C14H24N2O2S2/c1-3-5-7-9-20-10-14(8-6-4-2)11(17)15-13(19)16-12(14)18/h3-10H2,1-2H3,(H2,15,16,17,18,19). The molecule has 1 saturated heterocycles. The zero-order chi connectivity index (χ0) is 15.0. The Hall–Kier alpha value is -0.620. The summed E-state index contributed by atoms with van der Waals surface area (Å²) in [5.41, 5.74) is -0.949. The van der Waals surface area contributed by atoms with Gasteiger partial charge in [-0.3, -0.25) is 9.59 Å². The van der Waals surface area contributed by atoms with Crippen LogP contribution in [0.4, 0.5) is 0 Å². The van der Waals surface area contributed by atoms with E-state index in [1.54, 1.807) is 11.8 Å². The molecule has 0 aliphatic carbocycles. The van der Waals surface area contributed by atoms with Gasteiger partial charge in [0, 0.05) is 5.75 Å². The first-order valence-corrected chi connectivity index (χ1v) is 8.87. The van der Waals surface area contributed by atoms with Crippen LogP contribution in [0.2, 0.25) is 0 Å². The Morgan fingerprint density at radius 3 is 2.20 bits per heavy atom. The van der Waals surface area contributed by atoms with Gasteiger partial charge in [0.2, 0.25) is 11.8 Å². The van der Waals surface area contributed by atoms with Crippen LogP contribution in [-0.2, 0) is 9.59 Å². The number of rotatable bonds is 9. The van der Waals surface area contributed by atoms with E-state index in [0.29, 0.717) is 12.2 Å². The number of nitrogens with one attached hydrogen (secondary N) is 2. The van der Waals surface area contributed by atoms with Gasteiger partial charge in [0.1, 0.15) is 5.41 Å². The van der Waals surface area contributed by atoms with Crippen LogP contribution in [0.5, 0.6) is 0 Å². The summed E-state index contributed by atoms with van der Waals surface area (Å²) in [5.74, 6) is 1.06. The number of hydrogen-bond donors (Lipinski definition) is 2. The van der Waals surface area contributed by atoms with E-state index in [0.717, 1.165) is 25.0 Å². The first-order valence-electron chi connectivity index (χ1n) is 7.31. The first-order chi connectivity index (χ1) is 9.56. The Morgan fingerprint density at radius 2 is 1.65 bits per heavy atom. The molecule has 0 aromatic carbocycles. The Kier molecular flexibility index (Phi) is 7.51. The second-order valence-corrected chi connectivity index (χ2v) is 6.70. The lowest BCUT2D eigenvalue weighted by Gasteiger charge is -2.34. The maximum Gasteiger partial charge on any atom is 0.242 e. The molecule has 20 heavy (non-hydrogen) atoms. The van der Waals surface area contributed by atoms with Gasteiger partial charge < -0.3 is 10.6 Å². The molecule has 0 bridgehead atoms.